The second-order valence-corrected chi connectivity index (χ2v) is 2.58. The minimum absolute atomic E-state index is 0.00485. The van der Waals surface area contributed by atoms with E-state index in [0.29, 0.717) is 5.56 Å². The Bertz CT molecular complexity index is 347. The van der Waals surface area contributed by atoms with Crippen LogP contribution in [0.2, 0.25) is 0 Å². The maximum Gasteiger partial charge on any atom is 0.269 e. The first-order valence-electron chi connectivity index (χ1n) is 3.33. The van der Waals surface area contributed by atoms with E-state index in [-0.39, 0.29) is 10.9 Å². The number of hydrogen-bond donors (Lipinski definition) is 1. The predicted molar refractivity (Wildman–Crippen MR) is 49.7 cm³/mol. The van der Waals surface area contributed by atoms with Gasteiger partial charge in [0.2, 0.25) is 0 Å². The molecule has 68 valence electrons. The van der Waals surface area contributed by atoms with Gasteiger partial charge >= 0.3 is 0 Å². The first-order valence-corrected chi connectivity index (χ1v) is 3.71. The van der Waals surface area contributed by atoms with Crippen LogP contribution in [0.1, 0.15) is 5.56 Å². The number of rotatable bonds is 2. The molecule has 0 aliphatic heterocycles. The highest BCUT2D eigenvalue weighted by Crippen LogP contribution is 2.13. The second-order valence-electron chi connectivity index (χ2n) is 2.22. The number of halogens is 1. The van der Waals surface area contributed by atoms with Crippen LogP contribution in [0, 0.1) is 10.1 Å². The van der Waals surface area contributed by atoms with E-state index in [1.54, 1.807) is 0 Å². The molecule has 0 amide bonds. The fourth-order valence-electron chi connectivity index (χ4n) is 0.795. The zero-order chi connectivity index (χ0) is 9.84. The van der Waals surface area contributed by atoms with E-state index in [1.165, 1.54) is 24.3 Å². The van der Waals surface area contributed by atoms with Gasteiger partial charge < -0.3 is 5.84 Å². The fraction of sp³-hybridized carbons (Fsp3) is 0. The van der Waals surface area contributed by atoms with Crippen molar-refractivity contribution in [1.82, 2.24) is 0 Å². The number of non-ortho nitro benzene ring substituents is 1. The van der Waals surface area contributed by atoms with Crippen molar-refractivity contribution in [3.05, 3.63) is 39.9 Å². The van der Waals surface area contributed by atoms with Crippen LogP contribution in [-0.2, 0) is 0 Å². The van der Waals surface area contributed by atoms with Crippen molar-refractivity contribution in [3.8, 4) is 0 Å². The van der Waals surface area contributed by atoms with Crippen LogP contribution in [0.15, 0.2) is 29.4 Å². The van der Waals surface area contributed by atoms with Gasteiger partial charge in [-0.2, -0.15) is 5.10 Å². The summed E-state index contributed by atoms with van der Waals surface area (Å²) in [4.78, 5) is 9.78. The van der Waals surface area contributed by atoms with Crippen LogP contribution in [0.3, 0.4) is 0 Å². The standard InChI is InChI=1S/C7H6ClN3O2/c8-7(10-9)5-1-3-6(4-2-5)11(12)13/h1-4H,9H2. The zero-order valence-electron chi connectivity index (χ0n) is 6.48. The molecular weight excluding hydrogens is 194 g/mol. The molecule has 0 heterocycles. The van der Waals surface area contributed by atoms with E-state index >= 15 is 0 Å². The number of hydrogen-bond acceptors (Lipinski definition) is 4. The van der Waals surface area contributed by atoms with Gasteiger partial charge in [-0.25, -0.2) is 0 Å². The first-order chi connectivity index (χ1) is 6.15. The van der Waals surface area contributed by atoms with E-state index in [0.717, 1.165) is 0 Å². The number of nitrogens with two attached hydrogens (primary N) is 1. The molecule has 0 aliphatic carbocycles. The van der Waals surface area contributed by atoms with Crippen LogP contribution >= 0.6 is 11.6 Å². The summed E-state index contributed by atoms with van der Waals surface area (Å²) in [6.45, 7) is 0. The van der Waals surface area contributed by atoms with E-state index in [4.69, 9.17) is 17.4 Å². The molecule has 1 aromatic carbocycles. The average molecular weight is 200 g/mol. The van der Waals surface area contributed by atoms with Crippen molar-refractivity contribution in [3.63, 3.8) is 0 Å². The molecule has 5 nitrogen and oxygen atoms in total. The molecular formula is C7H6ClN3O2. The smallest absolute Gasteiger partial charge is 0.269 e. The van der Waals surface area contributed by atoms with Crippen molar-refractivity contribution >= 4 is 22.5 Å². The molecule has 6 heteroatoms. The van der Waals surface area contributed by atoms with E-state index < -0.39 is 4.92 Å². The highest BCUT2D eigenvalue weighted by Gasteiger charge is 2.05. The van der Waals surface area contributed by atoms with Crippen LogP contribution in [0.4, 0.5) is 5.69 Å². The van der Waals surface area contributed by atoms with Gasteiger partial charge in [0, 0.05) is 17.7 Å². The van der Waals surface area contributed by atoms with Crippen molar-refractivity contribution in [2.24, 2.45) is 10.9 Å². The van der Waals surface area contributed by atoms with Crippen molar-refractivity contribution < 1.29 is 4.92 Å². The molecule has 2 N–H and O–H groups in total. The zero-order valence-corrected chi connectivity index (χ0v) is 7.23. The summed E-state index contributed by atoms with van der Waals surface area (Å²) in [5.41, 5.74) is 0.556. The Kier molecular flexibility index (Phi) is 2.81. The largest absolute Gasteiger partial charge is 0.322 e. The third kappa shape index (κ3) is 2.16. The highest BCUT2D eigenvalue weighted by atomic mass is 35.5. The summed E-state index contributed by atoms with van der Waals surface area (Å²) in [7, 11) is 0. The molecule has 0 aromatic heterocycles. The molecule has 0 bridgehead atoms. The van der Waals surface area contributed by atoms with Crippen molar-refractivity contribution in [2.75, 3.05) is 0 Å². The Labute approximate surface area is 79.0 Å². The predicted octanol–water partition coefficient (Wildman–Crippen LogP) is 1.45. The summed E-state index contributed by atoms with van der Waals surface area (Å²) in [6.07, 6.45) is 0. The Morgan fingerprint density at radius 2 is 2.00 bits per heavy atom. The Morgan fingerprint density at radius 3 is 2.38 bits per heavy atom. The summed E-state index contributed by atoms with van der Waals surface area (Å²) in [6, 6.07) is 5.64. The van der Waals surface area contributed by atoms with Gasteiger partial charge in [0.15, 0.2) is 5.17 Å². The molecule has 0 saturated heterocycles. The molecule has 0 fully saturated rings. The Balaban J connectivity index is 3.00. The maximum absolute atomic E-state index is 10.3. The number of hydrazone groups is 1. The monoisotopic (exact) mass is 199 g/mol. The van der Waals surface area contributed by atoms with Gasteiger partial charge in [-0.15, -0.1) is 0 Å². The molecule has 0 spiro atoms. The Hall–Kier alpha value is -1.62. The second kappa shape index (κ2) is 3.86. The Morgan fingerprint density at radius 1 is 1.46 bits per heavy atom. The quantitative estimate of drug-likeness (QED) is 0.339. The van der Waals surface area contributed by atoms with Gasteiger partial charge in [0.25, 0.3) is 5.69 Å². The minimum atomic E-state index is -0.489. The SMILES string of the molecule is NN=C(Cl)c1ccc([N+](=O)[O-])cc1. The van der Waals surface area contributed by atoms with Gasteiger partial charge in [0.05, 0.1) is 4.92 Å². The van der Waals surface area contributed by atoms with Crippen molar-refractivity contribution in [1.29, 1.82) is 0 Å². The van der Waals surface area contributed by atoms with Crippen LogP contribution in [0.5, 0.6) is 0 Å². The number of nitro groups is 1. The van der Waals surface area contributed by atoms with Gasteiger partial charge in [0.1, 0.15) is 0 Å². The molecule has 0 atom stereocenters. The summed E-state index contributed by atoms with van der Waals surface area (Å²) in [5.74, 6) is 4.92. The van der Waals surface area contributed by atoms with Gasteiger partial charge in [-0.3, -0.25) is 10.1 Å². The van der Waals surface area contributed by atoms with Crippen molar-refractivity contribution in [2.45, 2.75) is 0 Å². The summed E-state index contributed by atoms with van der Waals surface area (Å²) >= 11 is 5.58. The van der Waals surface area contributed by atoms with Gasteiger partial charge in [-0.1, -0.05) is 11.6 Å². The van der Waals surface area contributed by atoms with Crippen LogP contribution in [0.25, 0.3) is 0 Å². The molecule has 13 heavy (non-hydrogen) atoms. The third-order valence-corrected chi connectivity index (χ3v) is 1.75. The molecule has 0 radical (unpaired) electrons. The highest BCUT2D eigenvalue weighted by molar-refractivity contribution is 6.69. The van der Waals surface area contributed by atoms with E-state index in [9.17, 15) is 10.1 Å². The number of nitro benzene ring substituents is 1. The minimum Gasteiger partial charge on any atom is -0.322 e. The third-order valence-electron chi connectivity index (χ3n) is 1.43. The van der Waals surface area contributed by atoms with E-state index in [2.05, 4.69) is 5.10 Å². The topological polar surface area (TPSA) is 81.5 Å². The summed E-state index contributed by atoms with van der Waals surface area (Å²) < 4.78 is 0. The maximum atomic E-state index is 10.3. The lowest BCUT2D eigenvalue weighted by Gasteiger charge is -1.95. The van der Waals surface area contributed by atoms with Crippen LogP contribution < -0.4 is 5.84 Å². The molecule has 0 aliphatic rings. The number of benzene rings is 1. The lowest BCUT2D eigenvalue weighted by molar-refractivity contribution is -0.384. The average Bonchev–Trinajstić information content (AvgIpc) is 2.17. The lowest BCUT2D eigenvalue weighted by atomic mass is 10.2. The summed E-state index contributed by atoms with van der Waals surface area (Å²) in [5, 5.41) is 13.6. The molecule has 1 rings (SSSR count). The normalized spacial score (nSPS) is 11.3. The molecule has 1 aromatic rings. The number of nitrogens with zero attached hydrogens (tertiary/aromatic N) is 2. The molecule has 0 saturated carbocycles. The van der Waals surface area contributed by atoms with Gasteiger partial charge in [-0.05, 0) is 12.1 Å². The lowest BCUT2D eigenvalue weighted by Crippen LogP contribution is -1.96. The van der Waals surface area contributed by atoms with Crippen LogP contribution in [-0.4, -0.2) is 10.1 Å². The fourth-order valence-corrected chi connectivity index (χ4v) is 0.921. The first kappa shape index (κ1) is 9.47. The van der Waals surface area contributed by atoms with E-state index in [1.807, 2.05) is 0 Å². The molecule has 0 unspecified atom stereocenters.